The molecule has 0 radical (unpaired) electrons. The van der Waals surface area contributed by atoms with Gasteiger partial charge in [-0.25, -0.2) is 4.79 Å². The van der Waals surface area contributed by atoms with Crippen LogP contribution < -0.4 is 11.2 Å². The average molecular weight is 248 g/mol. The van der Waals surface area contributed by atoms with Gasteiger partial charge in [0.05, 0.1) is 5.69 Å². The maximum absolute atomic E-state index is 12.3. The molecule has 1 N–H and O–H groups in total. The zero-order valence-corrected chi connectivity index (χ0v) is 10.2. The molecule has 2 aliphatic carbocycles. The molecule has 5 heteroatoms. The highest BCUT2D eigenvalue weighted by atomic mass is 16.2. The lowest BCUT2D eigenvalue weighted by Crippen LogP contribution is -2.41. The average Bonchev–Trinajstić information content (AvgIpc) is 2.73. The minimum absolute atomic E-state index is 0.0102. The van der Waals surface area contributed by atoms with E-state index in [-0.39, 0.29) is 23.1 Å². The van der Waals surface area contributed by atoms with Crippen LogP contribution >= 0.6 is 0 Å². The molecule has 1 aromatic heterocycles. The molecule has 0 spiro atoms. The van der Waals surface area contributed by atoms with E-state index in [1.165, 1.54) is 11.0 Å². The van der Waals surface area contributed by atoms with Crippen molar-refractivity contribution in [2.75, 3.05) is 0 Å². The first-order chi connectivity index (χ1) is 8.68. The van der Waals surface area contributed by atoms with Crippen molar-refractivity contribution in [2.24, 2.45) is 0 Å². The number of aromatic amines is 1. The molecule has 3 rings (SSSR count). The molecule has 1 fully saturated rings. The maximum Gasteiger partial charge on any atom is 0.329 e. The molecule has 0 bridgehead atoms. The van der Waals surface area contributed by atoms with Crippen LogP contribution in [0.2, 0.25) is 0 Å². The minimum atomic E-state index is -0.416. The van der Waals surface area contributed by atoms with Crippen LogP contribution in [0.5, 0.6) is 0 Å². The number of nitrogens with one attached hydrogen (secondary N) is 1. The molecule has 1 heterocycles. The number of H-pyrrole nitrogens is 1. The zero-order chi connectivity index (χ0) is 12.7. The smallest absolute Gasteiger partial charge is 0.304 e. The Bertz CT molecular complexity index is 606. The quantitative estimate of drug-likeness (QED) is 0.810. The second-order valence-corrected chi connectivity index (χ2v) is 5.17. The predicted octanol–water partition coefficient (Wildman–Crippen LogP) is 1.17. The Balaban J connectivity index is 2.14. The topological polar surface area (TPSA) is 71.9 Å². The molecule has 0 amide bonds. The van der Waals surface area contributed by atoms with Crippen molar-refractivity contribution >= 4 is 5.78 Å². The molecule has 2 aliphatic rings. The summed E-state index contributed by atoms with van der Waals surface area (Å²) in [6, 6.07) is 0.0102. The highest BCUT2D eigenvalue weighted by Crippen LogP contribution is 2.26. The first kappa shape index (κ1) is 11.4. The van der Waals surface area contributed by atoms with E-state index in [2.05, 4.69) is 4.98 Å². The van der Waals surface area contributed by atoms with Gasteiger partial charge in [0.15, 0.2) is 5.78 Å². The van der Waals surface area contributed by atoms with Gasteiger partial charge >= 0.3 is 5.69 Å². The molecule has 0 atom stereocenters. The maximum atomic E-state index is 12.3. The first-order valence-corrected chi connectivity index (χ1v) is 6.59. The summed E-state index contributed by atoms with van der Waals surface area (Å²) >= 11 is 0. The number of carbonyl (C=O) groups excluding carboxylic acids is 1. The van der Waals surface area contributed by atoms with Crippen molar-refractivity contribution in [1.29, 1.82) is 0 Å². The van der Waals surface area contributed by atoms with Crippen LogP contribution in [0.4, 0.5) is 0 Å². The van der Waals surface area contributed by atoms with Crippen molar-refractivity contribution in [3.05, 3.63) is 32.1 Å². The van der Waals surface area contributed by atoms with Gasteiger partial charge in [-0.2, -0.15) is 0 Å². The van der Waals surface area contributed by atoms with Crippen LogP contribution in [0, 0.1) is 0 Å². The van der Waals surface area contributed by atoms with Crippen molar-refractivity contribution < 1.29 is 4.79 Å². The Kier molecular flexibility index (Phi) is 2.69. The van der Waals surface area contributed by atoms with Gasteiger partial charge in [0.2, 0.25) is 0 Å². The summed E-state index contributed by atoms with van der Waals surface area (Å²) in [5, 5.41) is 0. The molecule has 18 heavy (non-hydrogen) atoms. The molecule has 0 aliphatic heterocycles. The number of rotatable bonds is 1. The lowest BCUT2D eigenvalue weighted by Gasteiger charge is -2.23. The van der Waals surface area contributed by atoms with E-state index in [0.29, 0.717) is 18.4 Å². The van der Waals surface area contributed by atoms with Gasteiger partial charge in [-0.05, 0) is 19.3 Å². The second-order valence-electron chi connectivity index (χ2n) is 5.17. The Morgan fingerprint density at radius 2 is 1.72 bits per heavy atom. The lowest BCUT2D eigenvalue weighted by molar-refractivity contribution is 0.0990. The fraction of sp³-hybridized carbons (Fsp3) is 0.615. The third-order valence-electron chi connectivity index (χ3n) is 4.05. The Labute approximate surface area is 104 Å². The Morgan fingerprint density at radius 3 is 2.44 bits per heavy atom. The van der Waals surface area contributed by atoms with Crippen molar-refractivity contribution in [3.8, 4) is 0 Å². The Morgan fingerprint density at radius 1 is 1.00 bits per heavy atom. The third kappa shape index (κ3) is 1.65. The van der Waals surface area contributed by atoms with Crippen LogP contribution in [0.25, 0.3) is 0 Å². The van der Waals surface area contributed by atoms with Crippen LogP contribution in [-0.2, 0) is 6.42 Å². The summed E-state index contributed by atoms with van der Waals surface area (Å²) in [5.41, 5.74) is 0.0923. The van der Waals surface area contributed by atoms with Crippen LogP contribution in [0.15, 0.2) is 9.59 Å². The number of carbonyl (C=O) groups is 1. The van der Waals surface area contributed by atoms with Crippen LogP contribution in [-0.4, -0.2) is 15.3 Å². The molecule has 0 aromatic carbocycles. The number of fused-ring (bicyclic) bond motifs is 1. The molecule has 1 saturated carbocycles. The van der Waals surface area contributed by atoms with E-state index in [9.17, 15) is 14.4 Å². The standard InChI is InChI=1S/C13H16N2O3/c16-10-7-6-9-11(10)14-13(18)15(12(9)17)8-4-2-1-3-5-8/h8H,1-7H2,(H,14,18). The van der Waals surface area contributed by atoms with Crippen molar-refractivity contribution in [3.63, 3.8) is 0 Å². The SMILES string of the molecule is O=C1CCc2c1[nH]c(=O)n(C1CCCCC1)c2=O. The summed E-state index contributed by atoms with van der Waals surface area (Å²) < 4.78 is 1.34. The summed E-state index contributed by atoms with van der Waals surface area (Å²) in [6.45, 7) is 0. The summed E-state index contributed by atoms with van der Waals surface area (Å²) in [6.07, 6.45) is 5.88. The molecule has 5 nitrogen and oxygen atoms in total. The van der Waals surface area contributed by atoms with Crippen LogP contribution in [0.3, 0.4) is 0 Å². The number of ketones is 1. The molecule has 0 unspecified atom stereocenters. The number of hydrogen-bond donors (Lipinski definition) is 1. The number of Topliss-reactive ketones (excluding diaryl/α,β-unsaturated/α-hetero) is 1. The van der Waals surface area contributed by atoms with Gasteiger partial charge in [0, 0.05) is 18.0 Å². The van der Waals surface area contributed by atoms with E-state index in [4.69, 9.17) is 0 Å². The van der Waals surface area contributed by atoms with Crippen molar-refractivity contribution in [2.45, 2.75) is 51.0 Å². The van der Waals surface area contributed by atoms with Gasteiger partial charge < -0.3 is 4.98 Å². The predicted molar refractivity (Wildman–Crippen MR) is 66.1 cm³/mol. The molecular weight excluding hydrogens is 232 g/mol. The minimum Gasteiger partial charge on any atom is -0.304 e. The molecule has 1 aromatic rings. The van der Waals surface area contributed by atoms with Gasteiger partial charge in [0.1, 0.15) is 0 Å². The number of nitrogens with zero attached hydrogens (tertiary/aromatic N) is 1. The highest BCUT2D eigenvalue weighted by Gasteiger charge is 2.28. The van der Waals surface area contributed by atoms with Gasteiger partial charge in [0.25, 0.3) is 5.56 Å². The molecular formula is C13H16N2O3. The molecule has 96 valence electrons. The van der Waals surface area contributed by atoms with E-state index < -0.39 is 5.69 Å². The van der Waals surface area contributed by atoms with E-state index >= 15 is 0 Å². The third-order valence-corrected chi connectivity index (χ3v) is 4.05. The fourth-order valence-electron chi connectivity index (χ4n) is 3.09. The van der Waals surface area contributed by atoms with Crippen molar-refractivity contribution in [1.82, 2.24) is 9.55 Å². The number of aromatic nitrogens is 2. The zero-order valence-electron chi connectivity index (χ0n) is 10.2. The monoisotopic (exact) mass is 248 g/mol. The lowest BCUT2D eigenvalue weighted by atomic mass is 9.95. The van der Waals surface area contributed by atoms with Gasteiger partial charge in [-0.1, -0.05) is 19.3 Å². The first-order valence-electron chi connectivity index (χ1n) is 6.59. The summed E-state index contributed by atoms with van der Waals surface area (Å²) in [7, 11) is 0. The normalized spacial score (nSPS) is 20.1. The summed E-state index contributed by atoms with van der Waals surface area (Å²) in [5.74, 6) is -0.116. The van der Waals surface area contributed by atoms with E-state index in [1.54, 1.807) is 0 Å². The van der Waals surface area contributed by atoms with Gasteiger partial charge in [-0.15, -0.1) is 0 Å². The fourth-order valence-corrected chi connectivity index (χ4v) is 3.09. The highest BCUT2D eigenvalue weighted by molar-refractivity contribution is 5.98. The van der Waals surface area contributed by atoms with E-state index in [0.717, 1.165) is 25.7 Å². The second kappa shape index (κ2) is 4.23. The van der Waals surface area contributed by atoms with Gasteiger partial charge in [-0.3, -0.25) is 14.2 Å². The molecule has 0 saturated heterocycles. The van der Waals surface area contributed by atoms with E-state index in [1.807, 2.05) is 0 Å². The summed E-state index contributed by atoms with van der Waals surface area (Å²) in [4.78, 5) is 38.5. The van der Waals surface area contributed by atoms with Crippen LogP contribution in [0.1, 0.15) is 60.6 Å². The number of hydrogen-bond acceptors (Lipinski definition) is 3. The Hall–Kier alpha value is -1.65. The largest absolute Gasteiger partial charge is 0.329 e.